The Morgan fingerprint density at radius 3 is 2.38 bits per heavy atom. The topological polar surface area (TPSA) is 76.1 Å². The molecular weight excluding hydrogens is 430 g/mol. The molecule has 0 aliphatic carbocycles. The third kappa shape index (κ3) is 4.96. The largest absolute Gasteiger partial charge is 0.507 e. The molecule has 0 radical (unpaired) electrons. The second-order valence-corrected chi connectivity index (χ2v) is 9.16. The van der Waals surface area contributed by atoms with Gasteiger partial charge in [0.15, 0.2) is 0 Å². The predicted molar refractivity (Wildman–Crippen MR) is 133 cm³/mol. The van der Waals surface area contributed by atoms with Gasteiger partial charge < -0.3 is 19.5 Å². The quantitative estimate of drug-likeness (QED) is 0.287. The highest BCUT2D eigenvalue weighted by atomic mass is 16.5. The molecule has 1 amide bonds. The Morgan fingerprint density at radius 1 is 1.06 bits per heavy atom. The molecule has 1 heterocycles. The minimum absolute atomic E-state index is 0.0841. The van der Waals surface area contributed by atoms with Crippen LogP contribution in [0.25, 0.3) is 5.76 Å². The number of rotatable bonds is 9. The Kier molecular flexibility index (Phi) is 8.02. The van der Waals surface area contributed by atoms with Crippen LogP contribution in [0.15, 0.2) is 48.0 Å². The molecule has 6 nitrogen and oxygen atoms in total. The van der Waals surface area contributed by atoms with E-state index < -0.39 is 17.7 Å². The van der Waals surface area contributed by atoms with Gasteiger partial charge in [0.2, 0.25) is 0 Å². The maximum absolute atomic E-state index is 13.3. The summed E-state index contributed by atoms with van der Waals surface area (Å²) in [6.45, 7) is 10.4. The van der Waals surface area contributed by atoms with Crippen LogP contribution in [0.1, 0.15) is 76.1 Å². The van der Waals surface area contributed by atoms with Gasteiger partial charge in [-0.1, -0.05) is 45.4 Å². The Labute approximate surface area is 202 Å². The van der Waals surface area contributed by atoms with E-state index in [1.165, 1.54) is 0 Å². The van der Waals surface area contributed by atoms with Crippen molar-refractivity contribution >= 4 is 17.4 Å². The van der Waals surface area contributed by atoms with E-state index in [4.69, 9.17) is 9.47 Å². The van der Waals surface area contributed by atoms with Gasteiger partial charge in [0.25, 0.3) is 11.7 Å². The van der Waals surface area contributed by atoms with Crippen molar-refractivity contribution in [1.29, 1.82) is 0 Å². The van der Waals surface area contributed by atoms with Gasteiger partial charge in [0.1, 0.15) is 17.3 Å². The van der Waals surface area contributed by atoms with Crippen molar-refractivity contribution in [1.82, 2.24) is 4.90 Å². The number of aliphatic hydroxyl groups excluding tert-OH is 1. The van der Waals surface area contributed by atoms with Gasteiger partial charge in [0.05, 0.1) is 24.8 Å². The average Bonchev–Trinajstić information content (AvgIpc) is 3.06. The van der Waals surface area contributed by atoms with E-state index >= 15 is 0 Å². The number of unbranched alkanes of at least 4 members (excludes halogenated alkanes) is 1. The molecule has 1 saturated heterocycles. The lowest BCUT2D eigenvalue weighted by molar-refractivity contribution is -0.139. The first-order valence-electron chi connectivity index (χ1n) is 11.9. The first-order valence-corrected chi connectivity index (χ1v) is 11.9. The summed E-state index contributed by atoms with van der Waals surface area (Å²) >= 11 is 0. The van der Waals surface area contributed by atoms with E-state index in [0.29, 0.717) is 29.2 Å². The van der Waals surface area contributed by atoms with Crippen molar-refractivity contribution in [2.24, 2.45) is 0 Å². The number of para-hydroxylation sites is 1. The molecule has 0 saturated carbocycles. The molecule has 3 rings (SSSR count). The SMILES string of the molecule is CCCCN1C(=O)C(=O)/C(=C(/O)c2ccc(OC)c(C(C)C)c2)C1c1ccccc1OC(C)C. The molecule has 1 fully saturated rings. The third-order valence-corrected chi connectivity index (χ3v) is 5.99. The number of aliphatic hydroxyl groups is 1. The van der Waals surface area contributed by atoms with Gasteiger partial charge in [0, 0.05) is 17.7 Å². The first kappa shape index (κ1) is 25.3. The van der Waals surface area contributed by atoms with Gasteiger partial charge >= 0.3 is 0 Å². The number of likely N-dealkylation sites (tertiary alicyclic amines) is 1. The summed E-state index contributed by atoms with van der Waals surface area (Å²) in [5.74, 6) is -0.0229. The zero-order valence-corrected chi connectivity index (χ0v) is 20.9. The van der Waals surface area contributed by atoms with Gasteiger partial charge in [-0.3, -0.25) is 9.59 Å². The molecule has 0 bridgehead atoms. The number of hydrogen-bond donors (Lipinski definition) is 1. The summed E-state index contributed by atoms with van der Waals surface area (Å²) in [6.07, 6.45) is 1.53. The molecule has 2 aromatic carbocycles. The molecule has 2 aromatic rings. The summed E-state index contributed by atoms with van der Waals surface area (Å²) in [5.41, 5.74) is 2.16. The lowest BCUT2D eigenvalue weighted by Crippen LogP contribution is -2.31. The van der Waals surface area contributed by atoms with Crippen LogP contribution in [0.5, 0.6) is 11.5 Å². The van der Waals surface area contributed by atoms with Crippen molar-refractivity contribution in [2.75, 3.05) is 13.7 Å². The van der Waals surface area contributed by atoms with Gasteiger partial charge in [-0.05, 0) is 56.0 Å². The molecule has 0 aromatic heterocycles. The van der Waals surface area contributed by atoms with Crippen LogP contribution in [0, 0.1) is 0 Å². The number of benzene rings is 2. The summed E-state index contributed by atoms with van der Waals surface area (Å²) in [5, 5.41) is 11.4. The van der Waals surface area contributed by atoms with Gasteiger partial charge in [-0.25, -0.2) is 0 Å². The molecule has 1 unspecified atom stereocenters. The highest BCUT2D eigenvalue weighted by molar-refractivity contribution is 6.46. The Morgan fingerprint density at radius 2 is 1.76 bits per heavy atom. The summed E-state index contributed by atoms with van der Waals surface area (Å²) < 4.78 is 11.5. The summed E-state index contributed by atoms with van der Waals surface area (Å²) in [7, 11) is 1.60. The van der Waals surface area contributed by atoms with E-state index in [9.17, 15) is 14.7 Å². The molecule has 34 heavy (non-hydrogen) atoms. The molecule has 1 atom stereocenters. The minimum atomic E-state index is -0.730. The van der Waals surface area contributed by atoms with E-state index in [-0.39, 0.29) is 23.4 Å². The van der Waals surface area contributed by atoms with Crippen LogP contribution in [0.4, 0.5) is 0 Å². The Balaban J connectivity index is 2.23. The fourth-order valence-corrected chi connectivity index (χ4v) is 4.32. The van der Waals surface area contributed by atoms with E-state index in [0.717, 1.165) is 18.4 Å². The highest BCUT2D eigenvalue weighted by Gasteiger charge is 2.46. The fraction of sp³-hybridized carbons (Fsp3) is 0.429. The molecule has 1 N–H and O–H groups in total. The van der Waals surface area contributed by atoms with Crippen LogP contribution in [-0.4, -0.2) is 41.5 Å². The smallest absolute Gasteiger partial charge is 0.295 e. The van der Waals surface area contributed by atoms with Crippen molar-refractivity contribution in [3.05, 3.63) is 64.7 Å². The molecule has 182 valence electrons. The minimum Gasteiger partial charge on any atom is -0.507 e. The fourth-order valence-electron chi connectivity index (χ4n) is 4.32. The number of amides is 1. The van der Waals surface area contributed by atoms with Crippen molar-refractivity contribution in [3.8, 4) is 11.5 Å². The van der Waals surface area contributed by atoms with Crippen LogP contribution < -0.4 is 9.47 Å². The number of hydrogen-bond acceptors (Lipinski definition) is 5. The number of carbonyl (C=O) groups excluding carboxylic acids is 2. The van der Waals surface area contributed by atoms with Gasteiger partial charge in [-0.15, -0.1) is 0 Å². The molecule has 1 aliphatic rings. The van der Waals surface area contributed by atoms with E-state index in [2.05, 4.69) is 0 Å². The maximum atomic E-state index is 13.3. The Hall–Kier alpha value is -3.28. The summed E-state index contributed by atoms with van der Waals surface area (Å²) in [4.78, 5) is 28.0. The summed E-state index contributed by atoms with van der Waals surface area (Å²) in [6, 6.07) is 12.0. The normalized spacial score (nSPS) is 17.6. The highest BCUT2D eigenvalue weighted by Crippen LogP contribution is 2.43. The van der Waals surface area contributed by atoms with Crippen molar-refractivity contribution in [2.45, 2.75) is 65.5 Å². The van der Waals surface area contributed by atoms with E-state index in [1.54, 1.807) is 24.1 Å². The van der Waals surface area contributed by atoms with Crippen LogP contribution in [-0.2, 0) is 9.59 Å². The third-order valence-electron chi connectivity index (χ3n) is 5.99. The van der Waals surface area contributed by atoms with Crippen molar-refractivity contribution < 1.29 is 24.2 Å². The number of carbonyl (C=O) groups is 2. The number of ether oxygens (including phenoxy) is 2. The monoisotopic (exact) mass is 465 g/mol. The first-order chi connectivity index (χ1) is 16.2. The van der Waals surface area contributed by atoms with Crippen LogP contribution >= 0.6 is 0 Å². The second kappa shape index (κ2) is 10.8. The van der Waals surface area contributed by atoms with Crippen LogP contribution in [0.3, 0.4) is 0 Å². The van der Waals surface area contributed by atoms with Crippen LogP contribution in [0.2, 0.25) is 0 Å². The molecule has 6 heteroatoms. The van der Waals surface area contributed by atoms with Crippen molar-refractivity contribution in [3.63, 3.8) is 0 Å². The number of nitrogens with zero attached hydrogens (tertiary/aromatic N) is 1. The Bertz CT molecular complexity index is 1090. The molecule has 0 spiro atoms. The van der Waals surface area contributed by atoms with Gasteiger partial charge in [-0.2, -0.15) is 0 Å². The lowest BCUT2D eigenvalue weighted by atomic mass is 9.92. The number of methoxy groups -OCH3 is 1. The lowest BCUT2D eigenvalue weighted by Gasteiger charge is -2.27. The predicted octanol–water partition coefficient (Wildman–Crippen LogP) is 5.83. The number of ketones is 1. The zero-order valence-electron chi connectivity index (χ0n) is 20.9. The zero-order chi connectivity index (χ0) is 25.0. The standard InChI is InChI=1S/C28H35NO5/c1-7-8-15-29-25(20-11-9-10-12-23(20)34-18(4)5)24(27(31)28(29)32)26(30)19-13-14-22(33-6)21(16-19)17(2)3/h9-14,16-18,25,30H,7-8,15H2,1-6H3/b26-24+. The molecule has 1 aliphatic heterocycles. The molecular formula is C28H35NO5. The second-order valence-electron chi connectivity index (χ2n) is 9.16. The maximum Gasteiger partial charge on any atom is 0.295 e. The van der Waals surface area contributed by atoms with E-state index in [1.807, 2.05) is 65.0 Å². The average molecular weight is 466 g/mol. The number of Topliss-reactive ketones (excluding diaryl/α,β-unsaturated/α-hetero) is 1.